The lowest BCUT2D eigenvalue weighted by Gasteiger charge is -2.17. The zero-order valence-corrected chi connectivity index (χ0v) is 18.2. The molecule has 7 nitrogen and oxygen atoms in total. The Labute approximate surface area is 185 Å². The molecule has 0 fully saturated rings. The van der Waals surface area contributed by atoms with E-state index in [-0.39, 0.29) is 45.8 Å². The number of aromatic nitrogens is 3. The van der Waals surface area contributed by atoms with Crippen LogP contribution >= 0.6 is 11.6 Å². The molecule has 0 amide bonds. The van der Waals surface area contributed by atoms with Gasteiger partial charge in [0.25, 0.3) is 5.56 Å². The first-order valence-electron chi connectivity index (χ1n) is 9.64. The normalized spacial score (nSPS) is 11.9. The fourth-order valence-electron chi connectivity index (χ4n) is 3.24. The lowest BCUT2D eigenvalue weighted by atomic mass is 10.0. The molecule has 2 N–H and O–H groups in total. The highest BCUT2D eigenvalue weighted by Crippen LogP contribution is 2.31. The summed E-state index contributed by atoms with van der Waals surface area (Å²) < 4.78 is 41.4. The van der Waals surface area contributed by atoms with Crippen LogP contribution < -0.4 is 10.9 Å². The number of nitrogens with one attached hydrogen (secondary N) is 1. The van der Waals surface area contributed by atoms with Gasteiger partial charge in [-0.05, 0) is 37.5 Å². The van der Waals surface area contributed by atoms with Gasteiger partial charge < -0.3 is 10.4 Å². The van der Waals surface area contributed by atoms with Gasteiger partial charge in [0.05, 0.1) is 16.9 Å². The number of fused-ring (bicyclic) bond motifs is 1. The first-order valence-corrected chi connectivity index (χ1v) is 10.0. The fourth-order valence-corrected chi connectivity index (χ4v) is 3.39. The van der Waals surface area contributed by atoms with Crippen LogP contribution in [-0.2, 0) is 19.1 Å². The lowest BCUT2D eigenvalue weighted by Crippen LogP contribution is -2.24. The Morgan fingerprint density at radius 3 is 2.56 bits per heavy atom. The molecule has 0 aromatic carbocycles. The molecule has 3 heterocycles. The highest BCUT2D eigenvalue weighted by atomic mass is 35.5. The molecular formula is C21H20ClF3N4O3. The van der Waals surface area contributed by atoms with Crippen LogP contribution in [0.1, 0.15) is 46.7 Å². The van der Waals surface area contributed by atoms with Gasteiger partial charge in [-0.2, -0.15) is 13.2 Å². The van der Waals surface area contributed by atoms with Crippen LogP contribution in [0.15, 0.2) is 29.2 Å². The third kappa shape index (κ3) is 4.85. The Morgan fingerprint density at radius 1 is 1.28 bits per heavy atom. The Morgan fingerprint density at radius 2 is 1.97 bits per heavy atom. The first kappa shape index (κ1) is 23.5. The maximum atomic E-state index is 13.5. The van der Waals surface area contributed by atoms with E-state index in [9.17, 15) is 27.9 Å². The van der Waals surface area contributed by atoms with Gasteiger partial charge in [-0.3, -0.25) is 9.20 Å². The number of anilines is 1. The maximum absolute atomic E-state index is 13.5. The monoisotopic (exact) mass is 468 g/mol. The van der Waals surface area contributed by atoms with E-state index in [1.54, 1.807) is 0 Å². The summed E-state index contributed by atoms with van der Waals surface area (Å²) in [6.45, 7) is 5.20. The molecule has 0 atom stereocenters. The van der Waals surface area contributed by atoms with Gasteiger partial charge in [0, 0.05) is 23.9 Å². The van der Waals surface area contributed by atoms with E-state index in [4.69, 9.17) is 11.6 Å². The van der Waals surface area contributed by atoms with Crippen LogP contribution in [0.25, 0.3) is 5.65 Å². The highest BCUT2D eigenvalue weighted by molar-refractivity contribution is 6.29. The number of carboxylic acid groups (broad SMARTS) is 1. The molecule has 0 aliphatic rings. The second-order valence-electron chi connectivity index (χ2n) is 7.72. The molecule has 0 spiro atoms. The molecule has 11 heteroatoms. The zero-order chi connectivity index (χ0) is 23.8. The molecule has 32 heavy (non-hydrogen) atoms. The van der Waals surface area contributed by atoms with Crippen LogP contribution in [0.4, 0.5) is 18.9 Å². The van der Waals surface area contributed by atoms with Crippen molar-refractivity contribution in [2.75, 3.05) is 5.32 Å². The van der Waals surface area contributed by atoms with Crippen molar-refractivity contribution < 1.29 is 23.1 Å². The minimum Gasteiger partial charge on any atom is -0.476 e. The van der Waals surface area contributed by atoms with Gasteiger partial charge in [-0.15, -0.1) is 0 Å². The second-order valence-corrected chi connectivity index (χ2v) is 8.11. The number of rotatable bonds is 6. The van der Waals surface area contributed by atoms with E-state index in [1.165, 1.54) is 19.1 Å². The topological polar surface area (TPSA) is 96.6 Å². The Kier molecular flexibility index (Phi) is 6.45. The maximum Gasteiger partial charge on any atom is 0.417 e. The van der Waals surface area contributed by atoms with E-state index >= 15 is 0 Å². The minimum atomic E-state index is -4.69. The highest BCUT2D eigenvalue weighted by Gasteiger charge is 2.32. The number of pyridine rings is 2. The van der Waals surface area contributed by atoms with Crippen molar-refractivity contribution in [1.82, 2.24) is 14.4 Å². The van der Waals surface area contributed by atoms with Crippen LogP contribution in [0.3, 0.4) is 0 Å². The number of aromatic carboxylic acids is 1. The third-order valence-corrected chi connectivity index (χ3v) is 5.00. The summed E-state index contributed by atoms with van der Waals surface area (Å²) in [7, 11) is 0. The van der Waals surface area contributed by atoms with Gasteiger partial charge in [0.1, 0.15) is 10.8 Å². The first-order chi connectivity index (χ1) is 14.9. The van der Waals surface area contributed by atoms with Crippen molar-refractivity contribution >= 4 is 28.9 Å². The molecule has 0 radical (unpaired) electrons. The Bertz CT molecular complexity index is 1260. The van der Waals surface area contributed by atoms with Crippen molar-refractivity contribution in [3.8, 4) is 0 Å². The second kappa shape index (κ2) is 8.78. The predicted octanol–water partition coefficient (Wildman–Crippen LogP) is 4.58. The summed E-state index contributed by atoms with van der Waals surface area (Å²) in [5.41, 5.74) is -0.991. The zero-order valence-electron chi connectivity index (χ0n) is 17.4. The van der Waals surface area contributed by atoms with Crippen LogP contribution in [0.5, 0.6) is 0 Å². The van der Waals surface area contributed by atoms with Crippen molar-refractivity contribution in [2.45, 2.75) is 39.9 Å². The van der Waals surface area contributed by atoms with Crippen LogP contribution in [0, 0.1) is 12.8 Å². The van der Waals surface area contributed by atoms with Gasteiger partial charge in [0.15, 0.2) is 5.69 Å². The molecule has 3 aromatic rings. The minimum absolute atomic E-state index is 0.0421. The molecule has 0 aliphatic heterocycles. The molecule has 0 saturated carbocycles. The van der Waals surface area contributed by atoms with Gasteiger partial charge in [-0.25, -0.2) is 14.8 Å². The fraction of sp³-hybridized carbons (Fsp3) is 0.333. The van der Waals surface area contributed by atoms with Crippen molar-refractivity contribution in [3.05, 3.63) is 68.0 Å². The van der Waals surface area contributed by atoms with Gasteiger partial charge in [0.2, 0.25) is 0 Å². The summed E-state index contributed by atoms with van der Waals surface area (Å²) in [6.07, 6.45) is -3.48. The number of halogens is 4. The molecular weight excluding hydrogens is 449 g/mol. The summed E-state index contributed by atoms with van der Waals surface area (Å²) in [5, 5.41) is 12.1. The molecule has 3 rings (SSSR count). The third-order valence-electron chi connectivity index (χ3n) is 4.79. The van der Waals surface area contributed by atoms with E-state index < -0.39 is 23.3 Å². The summed E-state index contributed by atoms with van der Waals surface area (Å²) in [6, 6.07) is 3.61. The van der Waals surface area contributed by atoms with E-state index in [1.807, 2.05) is 13.8 Å². The summed E-state index contributed by atoms with van der Waals surface area (Å²) in [4.78, 5) is 32.5. The molecule has 0 aliphatic carbocycles. The van der Waals surface area contributed by atoms with Gasteiger partial charge >= 0.3 is 12.1 Å². The Balaban J connectivity index is 2.17. The summed E-state index contributed by atoms with van der Waals surface area (Å²) in [5.74, 6) is -1.18. The Hall–Kier alpha value is -3.14. The van der Waals surface area contributed by atoms with Crippen LogP contribution in [0.2, 0.25) is 5.15 Å². The molecule has 0 bridgehead atoms. The molecule has 3 aromatic heterocycles. The number of hydrogen-bond acceptors (Lipinski definition) is 5. The van der Waals surface area contributed by atoms with Crippen molar-refractivity contribution in [1.29, 1.82) is 0 Å². The number of carboxylic acids is 1. The van der Waals surface area contributed by atoms with Crippen molar-refractivity contribution in [3.63, 3.8) is 0 Å². The average molecular weight is 469 g/mol. The van der Waals surface area contributed by atoms with E-state index in [0.717, 1.165) is 16.7 Å². The molecule has 170 valence electrons. The quantitative estimate of drug-likeness (QED) is 0.514. The smallest absolute Gasteiger partial charge is 0.417 e. The predicted molar refractivity (Wildman–Crippen MR) is 113 cm³/mol. The van der Waals surface area contributed by atoms with Crippen LogP contribution in [-0.4, -0.2) is 25.4 Å². The number of carbonyl (C=O) groups is 1. The van der Waals surface area contributed by atoms with Crippen molar-refractivity contribution in [2.24, 2.45) is 5.92 Å². The van der Waals surface area contributed by atoms with Gasteiger partial charge in [-0.1, -0.05) is 25.4 Å². The number of alkyl halides is 3. The molecule has 0 unspecified atom stereocenters. The number of nitrogens with zero attached hydrogens (tertiary/aromatic N) is 3. The SMILES string of the molecule is Cc1c(CC(C)C)nc2c(CNc3ccc(Cl)nc3C(=O)O)cc(C(F)(F)F)cn2c1=O. The number of hydrogen-bond donors (Lipinski definition) is 2. The average Bonchev–Trinajstić information content (AvgIpc) is 2.69. The lowest BCUT2D eigenvalue weighted by molar-refractivity contribution is -0.137. The van der Waals surface area contributed by atoms with E-state index in [0.29, 0.717) is 12.1 Å². The summed E-state index contributed by atoms with van der Waals surface area (Å²) >= 11 is 5.74. The largest absolute Gasteiger partial charge is 0.476 e. The standard InChI is InChI=1S/C21H20ClF3N4O3/c1-10(2)6-15-11(3)19(30)29-9-13(21(23,24)25)7-12(18(29)27-15)8-26-14-4-5-16(22)28-17(14)20(31)32/h4-5,7,9-10,26H,6,8H2,1-3H3,(H,31,32). The van der Waals surface area contributed by atoms with E-state index in [2.05, 4.69) is 15.3 Å². The molecule has 0 saturated heterocycles.